The number of thioether (sulfide) groups is 1. The fourth-order valence-corrected chi connectivity index (χ4v) is 3.71. The molecule has 11 heteroatoms. The predicted octanol–water partition coefficient (Wildman–Crippen LogP) is 4.64. The Morgan fingerprint density at radius 2 is 1.81 bits per heavy atom. The number of rotatable bonds is 6. The number of hydrogen-bond donors (Lipinski definition) is 2. The molecule has 7 nitrogen and oxygen atoms in total. The van der Waals surface area contributed by atoms with Crippen molar-refractivity contribution >= 4 is 52.2 Å². The molecule has 0 radical (unpaired) electrons. The number of nitrogens with one attached hydrogen (secondary N) is 2. The molecule has 0 atom stereocenters. The number of fused-ring (bicyclic) bond motifs is 1. The van der Waals surface area contributed by atoms with Gasteiger partial charge in [0.25, 0.3) is 5.91 Å². The lowest BCUT2D eigenvalue weighted by Crippen LogP contribution is -2.15. The highest BCUT2D eigenvalue weighted by Gasteiger charge is 2.14. The molecule has 0 bridgehead atoms. The Hall–Kier alpha value is -3.50. The van der Waals surface area contributed by atoms with E-state index in [1.165, 1.54) is 36.5 Å². The second-order valence-corrected chi connectivity index (χ2v) is 7.90. The molecule has 4 aromatic rings. The number of amides is 2. The Balaban J connectivity index is 1.45. The molecule has 2 heterocycles. The predicted molar refractivity (Wildman–Crippen MR) is 118 cm³/mol. The summed E-state index contributed by atoms with van der Waals surface area (Å²) >= 11 is 7.02. The summed E-state index contributed by atoms with van der Waals surface area (Å²) in [5.41, 5.74) is 1.40. The third-order valence-corrected chi connectivity index (χ3v) is 5.51. The number of nitrogens with zero attached hydrogens (tertiary/aromatic N) is 3. The van der Waals surface area contributed by atoms with Gasteiger partial charge in [-0.05, 0) is 48.5 Å². The van der Waals surface area contributed by atoms with E-state index in [9.17, 15) is 18.4 Å². The van der Waals surface area contributed by atoms with Crippen molar-refractivity contribution in [3.63, 3.8) is 0 Å². The normalized spacial score (nSPS) is 10.8. The van der Waals surface area contributed by atoms with Crippen molar-refractivity contribution in [3.05, 3.63) is 83.0 Å². The zero-order valence-corrected chi connectivity index (χ0v) is 17.8. The topological polar surface area (TPSA) is 88.4 Å². The molecule has 2 amide bonds. The molecular formula is C21H14ClF2N5O2S. The smallest absolute Gasteiger partial charge is 0.257 e. The van der Waals surface area contributed by atoms with Crippen molar-refractivity contribution in [2.24, 2.45) is 0 Å². The lowest BCUT2D eigenvalue weighted by atomic mass is 10.2. The average Bonchev–Trinajstić information content (AvgIpc) is 3.16. The van der Waals surface area contributed by atoms with E-state index in [-0.39, 0.29) is 16.7 Å². The Labute approximate surface area is 189 Å². The van der Waals surface area contributed by atoms with Gasteiger partial charge < -0.3 is 10.6 Å². The van der Waals surface area contributed by atoms with Crippen molar-refractivity contribution < 1.29 is 18.4 Å². The number of pyridine rings is 1. The van der Waals surface area contributed by atoms with Crippen molar-refractivity contribution in [1.29, 1.82) is 0 Å². The van der Waals surface area contributed by atoms with Gasteiger partial charge in [-0.2, -0.15) is 0 Å². The Kier molecular flexibility index (Phi) is 6.33. The summed E-state index contributed by atoms with van der Waals surface area (Å²) in [4.78, 5) is 24.8. The maximum Gasteiger partial charge on any atom is 0.257 e. The van der Waals surface area contributed by atoms with Crippen LogP contribution in [0.1, 0.15) is 10.4 Å². The number of aromatic nitrogens is 3. The van der Waals surface area contributed by atoms with Gasteiger partial charge in [0.1, 0.15) is 11.6 Å². The second-order valence-electron chi connectivity index (χ2n) is 6.55. The molecule has 0 spiro atoms. The van der Waals surface area contributed by atoms with Crippen LogP contribution < -0.4 is 10.6 Å². The van der Waals surface area contributed by atoms with Crippen molar-refractivity contribution in [2.75, 3.05) is 16.4 Å². The molecule has 162 valence electrons. The van der Waals surface area contributed by atoms with Crippen LogP contribution in [0.15, 0.2) is 66.0 Å². The molecule has 0 aliphatic rings. The number of carbonyl (C=O) groups is 2. The van der Waals surface area contributed by atoms with E-state index in [1.54, 1.807) is 22.6 Å². The summed E-state index contributed by atoms with van der Waals surface area (Å²) in [7, 11) is 0. The molecule has 0 unspecified atom stereocenters. The maximum atomic E-state index is 13.3. The van der Waals surface area contributed by atoms with Crippen LogP contribution in [-0.4, -0.2) is 32.2 Å². The van der Waals surface area contributed by atoms with Crippen molar-refractivity contribution in [3.8, 4) is 0 Å². The van der Waals surface area contributed by atoms with Crippen molar-refractivity contribution in [1.82, 2.24) is 14.6 Å². The molecule has 4 rings (SSSR count). The van der Waals surface area contributed by atoms with E-state index in [0.717, 1.165) is 17.8 Å². The molecule has 2 aromatic heterocycles. The lowest BCUT2D eigenvalue weighted by molar-refractivity contribution is -0.113. The van der Waals surface area contributed by atoms with E-state index < -0.39 is 17.5 Å². The highest BCUT2D eigenvalue weighted by Crippen LogP contribution is 2.24. The Morgan fingerprint density at radius 1 is 1.00 bits per heavy atom. The quantitative estimate of drug-likeness (QED) is 0.398. The van der Waals surface area contributed by atoms with Crippen LogP contribution in [0.5, 0.6) is 0 Å². The minimum atomic E-state index is -0.505. The third kappa shape index (κ3) is 5.04. The van der Waals surface area contributed by atoms with E-state index in [2.05, 4.69) is 20.8 Å². The lowest BCUT2D eigenvalue weighted by Gasteiger charge is -2.07. The molecule has 2 N–H and O–H groups in total. The highest BCUT2D eigenvalue weighted by molar-refractivity contribution is 7.99. The number of benzene rings is 2. The summed E-state index contributed by atoms with van der Waals surface area (Å²) in [6.45, 7) is 0. The average molecular weight is 474 g/mol. The molecule has 0 fully saturated rings. The Bertz CT molecular complexity index is 1330. The first kappa shape index (κ1) is 21.7. The zero-order valence-electron chi connectivity index (χ0n) is 16.2. The molecule has 32 heavy (non-hydrogen) atoms. The third-order valence-electron chi connectivity index (χ3n) is 4.25. The molecule has 2 aromatic carbocycles. The second kappa shape index (κ2) is 9.33. The maximum absolute atomic E-state index is 13.3. The molecule has 0 aliphatic heterocycles. The largest absolute Gasteiger partial charge is 0.324 e. The standard InChI is InChI=1S/C21H14ClF2N5O2S/c22-16-9-14(24)5-6-17(16)26-19(30)11-32-21-28-27-18-7-4-12(10-29(18)21)20(31)25-15-3-1-2-13(23)8-15/h1-10H,11H2,(H,25,31)(H,26,30). The van der Waals surface area contributed by atoms with E-state index in [0.29, 0.717) is 27.7 Å². The summed E-state index contributed by atoms with van der Waals surface area (Å²) in [5, 5.41) is 13.8. The summed E-state index contributed by atoms with van der Waals surface area (Å²) < 4.78 is 28.0. The van der Waals surface area contributed by atoms with Gasteiger partial charge in [-0.15, -0.1) is 10.2 Å². The van der Waals surface area contributed by atoms with Crippen molar-refractivity contribution in [2.45, 2.75) is 5.16 Å². The van der Waals surface area contributed by atoms with Gasteiger partial charge in [-0.3, -0.25) is 14.0 Å². The van der Waals surface area contributed by atoms with Gasteiger partial charge in [-0.25, -0.2) is 8.78 Å². The fourth-order valence-electron chi connectivity index (χ4n) is 2.78. The molecule has 0 aliphatic carbocycles. The van der Waals surface area contributed by atoms with E-state index in [1.807, 2.05) is 0 Å². The van der Waals surface area contributed by atoms with Gasteiger partial charge in [0.05, 0.1) is 22.0 Å². The first-order valence-corrected chi connectivity index (χ1v) is 10.5. The monoisotopic (exact) mass is 473 g/mol. The zero-order chi connectivity index (χ0) is 22.7. The first-order chi connectivity index (χ1) is 15.4. The molecule has 0 saturated heterocycles. The Morgan fingerprint density at radius 3 is 2.59 bits per heavy atom. The van der Waals surface area contributed by atoms with Crippen LogP contribution in [0.3, 0.4) is 0 Å². The molecule has 0 saturated carbocycles. The van der Waals surface area contributed by atoms with Crippen LogP contribution in [0, 0.1) is 11.6 Å². The summed E-state index contributed by atoms with van der Waals surface area (Å²) in [5.74, 6) is -1.80. The minimum absolute atomic E-state index is 0.0196. The van der Waals surface area contributed by atoms with Gasteiger partial charge in [0.2, 0.25) is 5.91 Å². The number of carbonyl (C=O) groups excluding carboxylic acids is 2. The number of anilines is 2. The van der Waals surface area contributed by atoms with Crippen LogP contribution in [-0.2, 0) is 4.79 Å². The number of halogens is 3. The van der Waals surface area contributed by atoms with E-state index >= 15 is 0 Å². The fraction of sp³-hybridized carbons (Fsp3) is 0.0476. The summed E-state index contributed by atoms with van der Waals surface area (Å²) in [6, 6.07) is 12.4. The molecular weight excluding hydrogens is 460 g/mol. The highest BCUT2D eigenvalue weighted by atomic mass is 35.5. The first-order valence-electron chi connectivity index (χ1n) is 9.18. The summed E-state index contributed by atoms with van der Waals surface area (Å²) in [6.07, 6.45) is 1.53. The van der Waals surface area contributed by atoms with Gasteiger partial charge in [-0.1, -0.05) is 29.4 Å². The minimum Gasteiger partial charge on any atom is -0.324 e. The van der Waals surface area contributed by atoms with Gasteiger partial charge in [0, 0.05) is 11.9 Å². The van der Waals surface area contributed by atoms with Crippen LogP contribution in [0.2, 0.25) is 5.02 Å². The van der Waals surface area contributed by atoms with Gasteiger partial charge >= 0.3 is 0 Å². The van der Waals surface area contributed by atoms with Gasteiger partial charge in [0.15, 0.2) is 10.8 Å². The van der Waals surface area contributed by atoms with Crippen LogP contribution in [0.25, 0.3) is 5.65 Å². The van der Waals surface area contributed by atoms with Crippen LogP contribution >= 0.6 is 23.4 Å². The number of hydrogen-bond acceptors (Lipinski definition) is 5. The SMILES string of the molecule is O=C(CSc1nnc2ccc(C(=O)Nc3cccc(F)c3)cn12)Nc1ccc(F)cc1Cl. The van der Waals surface area contributed by atoms with Crippen LogP contribution in [0.4, 0.5) is 20.2 Å². The van der Waals surface area contributed by atoms with E-state index in [4.69, 9.17) is 11.6 Å².